The zero-order chi connectivity index (χ0) is 22.6. The first-order valence-electron chi connectivity index (χ1n) is 9.94. The molecule has 1 amide bonds. The maximum absolute atomic E-state index is 13.5. The van der Waals surface area contributed by atoms with E-state index < -0.39 is 10.0 Å². The molecule has 0 heterocycles. The number of carbonyl (C=O) groups excluding carboxylic acids is 1. The van der Waals surface area contributed by atoms with E-state index in [1.165, 1.54) is 24.3 Å². The number of aryl methyl sites for hydroxylation is 2. The minimum atomic E-state index is -3.88. The van der Waals surface area contributed by atoms with Crippen LogP contribution in [0.1, 0.15) is 34.0 Å². The van der Waals surface area contributed by atoms with Crippen molar-refractivity contribution in [2.24, 2.45) is 0 Å². The molecular weight excluding hydrogens is 415 g/mol. The van der Waals surface area contributed by atoms with E-state index in [4.69, 9.17) is 0 Å². The van der Waals surface area contributed by atoms with Crippen LogP contribution in [0, 0.1) is 19.7 Å². The first-order chi connectivity index (χ1) is 14.7. The Labute approximate surface area is 182 Å². The Morgan fingerprint density at radius 2 is 1.71 bits per heavy atom. The number of halogens is 1. The molecule has 0 atom stereocenters. The summed E-state index contributed by atoms with van der Waals surface area (Å²) in [5.41, 5.74) is 2.90. The van der Waals surface area contributed by atoms with E-state index >= 15 is 0 Å². The molecule has 7 heteroatoms. The van der Waals surface area contributed by atoms with Gasteiger partial charge in [0.05, 0.1) is 10.6 Å². The maximum atomic E-state index is 13.5. The van der Waals surface area contributed by atoms with Gasteiger partial charge in [-0.2, -0.15) is 0 Å². The van der Waals surface area contributed by atoms with E-state index in [9.17, 15) is 17.6 Å². The van der Waals surface area contributed by atoms with Crippen LogP contribution in [0.5, 0.6) is 0 Å². The molecule has 0 saturated carbocycles. The number of para-hydroxylation sites is 1. The zero-order valence-corrected chi connectivity index (χ0v) is 18.5. The van der Waals surface area contributed by atoms with Gasteiger partial charge in [-0.15, -0.1) is 0 Å². The third kappa shape index (κ3) is 5.30. The second kappa shape index (κ2) is 9.31. The van der Waals surface area contributed by atoms with E-state index in [0.717, 1.165) is 5.56 Å². The van der Waals surface area contributed by atoms with Crippen LogP contribution in [0.25, 0.3) is 0 Å². The third-order valence-corrected chi connectivity index (χ3v) is 6.43. The lowest BCUT2D eigenvalue weighted by atomic mass is 10.1. The van der Waals surface area contributed by atoms with Crippen molar-refractivity contribution in [3.05, 3.63) is 94.8 Å². The molecule has 0 saturated heterocycles. The molecule has 0 aliphatic heterocycles. The van der Waals surface area contributed by atoms with Crippen LogP contribution in [0.15, 0.2) is 71.6 Å². The van der Waals surface area contributed by atoms with Crippen molar-refractivity contribution in [1.29, 1.82) is 0 Å². The van der Waals surface area contributed by atoms with Crippen LogP contribution < -0.4 is 4.72 Å². The second-order valence-corrected chi connectivity index (χ2v) is 9.03. The fourth-order valence-corrected chi connectivity index (χ4v) is 4.40. The van der Waals surface area contributed by atoms with Gasteiger partial charge in [-0.25, -0.2) is 12.8 Å². The monoisotopic (exact) mass is 440 g/mol. The molecule has 0 fully saturated rings. The lowest BCUT2D eigenvalue weighted by molar-refractivity contribution is 0.0751. The molecule has 1 N–H and O–H groups in total. The largest absolute Gasteiger partial charge is 0.335 e. The zero-order valence-electron chi connectivity index (χ0n) is 17.7. The summed E-state index contributed by atoms with van der Waals surface area (Å²) in [4.78, 5) is 14.8. The van der Waals surface area contributed by atoms with Gasteiger partial charge >= 0.3 is 0 Å². The smallest absolute Gasteiger partial charge is 0.261 e. The number of hydrogen-bond acceptors (Lipinski definition) is 3. The highest BCUT2D eigenvalue weighted by molar-refractivity contribution is 7.92. The number of nitrogens with zero attached hydrogens (tertiary/aromatic N) is 1. The number of nitrogens with one attached hydrogen (secondary N) is 1. The highest BCUT2D eigenvalue weighted by Crippen LogP contribution is 2.23. The van der Waals surface area contributed by atoms with Crippen molar-refractivity contribution in [3.8, 4) is 0 Å². The quantitative estimate of drug-likeness (QED) is 0.568. The van der Waals surface area contributed by atoms with Gasteiger partial charge in [-0.05, 0) is 67.8 Å². The molecule has 3 rings (SSSR count). The van der Waals surface area contributed by atoms with E-state index in [0.29, 0.717) is 28.9 Å². The van der Waals surface area contributed by atoms with Gasteiger partial charge < -0.3 is 4.90 Å². The van der Waals surface area contributed by atoms with E-state index in [1.807, 2.05) is 26.0 Å². The van der Waals surface area contributed by atoms with Crippen LogP contribution in [-0.4, -0.2) is 25.8 Å². The third-order valence-electron chi connectivity index (χ3n) is 5.07. The first-order valence-corrected chi connectivity index (χ1v) is 11.4. The molecule has 0 aromatic heterocycles. The normalized spacial score (nSPS) is 11.2. The Morgan fingerprint density at radius 1 is 0.968 bits per heavy atom. The fraction of sp³-hybridized carbons (Fsp3) is 0.208. The average Bonchev–Trinajstić information content (AvgIpc) is 2.73. The van der Waals surface area contributed by atoms with Gasteiger partial charge in [0.2, 0.25) is 0 Å². The standard InChI is InChI=1S/C24H25FN2O3S/c1-4-27(16-19-9-7-10-20(25)14-19)24(28)22-15-21(13-12-17(22)2)31(29,30)26-23-11-6-5-8-18(23)3/h5-15,26H,4,16H2,1-3H3. The van der Waals surface area contributed by atoms with Crippen molar-refractivity contribution in [2.75, 3.05) is 11.3 Å². The summed E-state index contributed by atoms with van der Waals surface area (Å²) in [5, 5.41) is 0. The molecule has 162 valence electrons. The number of hydrogen-bond donors (Lipinski definition) is 1. The molecule has 5 nitrogen and oxygen atoms in total. The fourth-order valence-electron chi connectivity index (χ4n) is 3.24. The van der Waals surface area contributed by atoms with Gasteiger partial charge in [0, 0.05) is 18.7 Å². The molecular formula is C24H25FN2O3S. The van der Waals surface area contributed by atoms with Gasteiger partial charge in [0.25, 0.3) is 15.9 Å². The Hall–Kier alpha value is -3.19. The Kier molecular flexibility index (Phi) is 6.75. The number of benzene rings is 3. The molecule has 0 aliphatic rings. The number of rotatable bonds is 7. The summed E-state index contributed by atoms with van der Waals surface area (Å²) >= 11 is 0. The number of sulfonamides is 1. The van der Waals surface area contributed by atoms with E-state index in [2.05, 4.69) is 4.72 Å². The summed E-state index contributed by atoms with van der Waals surface area (Å²) in [6, 6.07) is 17.7. The Balaban J connectivity index is 1.90. The van der Waals surface area contributed by atoms with Crippen molar-refractivity contribution in [2.45, 2.75) is 32.2 Å². The van der Waals surface area contributed by atoms with Gasteiger partial charge in [-0.1, -0.05) is 36.4 Å². The average molecular weight is 441 g/mol. The first kappa shape index (κ1) is 22.5. The van der Waals surface area contributed by atoms with Crippen molar-refractivity contribution < 1.29 is 17.6 Å². The van der Waals surface area contributed by atoms with E-state index in [1.54, 1.807) is 42.2 Å². The Bertz CT molecular complexity index is 1210. The van der Waals surface area contributed by atoms with Crippen LogP contribution in [-0.2, 0) is 16.6 Å². The maximum Gasteiger partial charge on any atom is 0.261 e. The van der Waals surface area contributed by atoms with Crippen LogP contribution in [0.2, 0.25) is 0 Å². The summed E-state index contributed by atoms with van der Waals surface area (Å²) < 4.78 is 42.0. The minimum absolute atomic E-state index is 0.00603. The Morgan fingerprint density at radius 3 is 2.39 bits per heavy atom. The molecule has 3 aromatic rings. The highest BCUT2D eigenvalue weighted by atomic mass is 32.2. The van der Waals surface area contributed by atoms with Crippen molar-refractivity contribution in [1.82, 2.24) is 4.90 Å². The molecule has 0 aliphatic carbocycles. The molecule has 0 unspecified atom stereocenters. The summed E-state index contributed by atoms with van der Waals surface area (Å²) in [6.45, 7) is 6.02. The molecule has 3 aromatic carbocycles. The molecule has 0 radical (unpaired) electrons. The van der Waals surface area contributed by atoms with E-state index in [-0.39, 0.29) is 23.2 Å². The van der Waals surface area contributed by atoms with Crippen molar-refractivity contribution >= 4 is 21.6 Å². The van der Waals surface area contributed by atoms with Gasteiger partial charge in [0.1, 0.15) is 5.82 Å². The molecule has 0 spiro atoms. The number of carbonyl (C=O) groups is 1. The SMILES string of the molecule is CCN(Cc1cccc(F)c1)C(=O)c1cc(S(=O)(=O)Nc2ccccc2C)ccc1C. The summed E-state index contributed by atoms with van der Waals surface area (Å²) in [7, 11) is -3.88. The molecule has 31 heavy (non-hydrogen) atoms. The van der Waals surface area contributed by atoms with Crippen molar-refractivity contribution in [3.63, 3.8) is 0 Å². The minimum Gasteiger partial charge on any atom is -0.335 e. The van der Waals surface area contributed by atoms with Crippen LogP contribution in [0.4, 0.5) is 10.1 Å². The predicted molar refractivity (Wildman–Crippen MR) is 120 cm³/mol. The van der Waals surface area contributed by atoms with Crippen LogP contribution >= 0.6 is 0 Å². The lowest BCUT2D eigenvalue weighted by Gasteiger charge is -2.22. The van der Waals surface area contributed by atoms with Gasteiger partial charge in [0.15, 0.2) is 0 Å². The number of anilines is 1. The number of amides is 1. The predicted octanol–water partition coefficient (Wildman–Crippen LogP) is 4.91. The highest BCUT2D eigenvalue weighted by Gasteiger charge is 2.22. The summed E-state index contributed by atoms with van der Waals surface area (Å²) in [5.74, 6) is -0.676. The second-order valence-electron chi connectivity index (χ2n) is 7.35. The lowest BCUT2D eigenvalue weighted by Crippen LogP contribution is -2.31. The van der Waals surface area contributed by atoms with Crippen LogP contribution in [0.3, 0.4) is 0 Å². The molecule has 0 bridgehead atoms. The topological polar surface area (TPSA) is 66.5 Å². The van der Waals surface area contributed by atoms with Gasteiger partial charge in [-0.3, -0.25) is 9.52 Å². The summed E-state index contributed by atoms with van der Waals surface area (Å²) in [6.07, 6.45) is 0.